The average Bonchev–Trinajstić information content (AvgIpc) is 2.41. The van der Waals surface area contributed by atoms with Gasteiger partial charge in [-0.25, -0.2) is 0 Å². The normalized spacial score (nSPS) is 17.8. The molecule has 1 fully saturated rings. The summed E-state index contributed by atoms with van der Waals surface area (Å²) in [4.78, 5) is 29.2. The van der Waals surface area contributed by atoms with E-state index in [2.05, 4.69) is 10.3 Å². The lowest BCUT2D eigenvalue weighted by molar-refractivity contribution is -0.132. The Morgan fingerprint density at radius 2 is 2.24 bits per heavy atom. The number of carbonyl (C=O) groups excluding carboxylic acids is 2. The second-order valence-corrected chi connectivity index (χ2v) is 5.14. The minimum atomic E-state index is -0.0514. The first-order valence-electron chi connectivity index (χ1n) is 6.80. The van der Waals surface area contributed by atoms with Gasteiger partial charge in [-0.1, -0.05) is 0 Å². The number of nitrogens with zero attached hydrogens (tertiary/aromatic N) is 2. The molecule has 2 amide bonds. The number of nitrogen functional groups attached to an aromatic ring is 1. The zero-order valence-corrected chi connectivity index (χ0v) is 12.9. The molecule has 0 radical (unpaired) electrons. The maximum atomic E-state index is 12.2. The minimum Gasteiger partial charge on any atom is -0.397 e. The van der Waals surface area contributed by atoms with E-state index in [9.17, 15) is 9.59 Å². The van der Waals surface area contributed by atoms with Gasteiger partial charge in [-0.15, -0.1) is 12.4 Å². The van der Waals surface area contributed by atoms with Crippen LogP contribution in [0.25, 0.3) is 0 Å². The molecule has 1 aromatic heterocycles. The highest BCUT2D eigenvalue weighted by Crippen LogP contribution is 2.12. The third-order valence-electron chi connectivity index (χ3n) is 3.36. The Morgan fingerprint density at radius 1 is 1.48 bits per heavy atom. The Morgan fingerprint density at radius 3 is 2.86 bits per heavy atom. The van der Waals surface area contributed by atoms with Gasteiger partial charge in [-0.3, -0.25) is 14.6 Å². The summed E-state index contributed by atoms with van der Waals surface area (Å²) in [6, 6.07) is 3.57. The van der Waals surface area contributed by atoms with Crippen LogP contribution in [0.2, 0.25) is 0 Å². The number of carbonyl (C=O) groups is 2. The SMILES string of the molecule is CC(=O)NC1CCCN(C(=O)Cc2ccc(N)cn2)C1.Cl. The van der Waals surface area contributed by atoms with Crippen molar-refractivity contribution in [3.63, 3.8) is 0 Å². The zero-order chi connectivity index (χ0) is 14.5. The third-order valence-corrected chi connectivity index (χ3v) is 3.36. The molecule has 0 aliphatic carbocycles. The van der Waals surface area contributed by atoms with Crippen molar-refractivity contribution in [1.29, 1.82) is 0 Å². The summed E-state index contributed by atoms with van der Waals surface area (Å²) in [5.74, 6) is -0.0122. The van der Waals surface area contributed by atoms with Crippen molar-refractivity contribution >= 4 is 29.9 Å². The molecule has 0 bridgehead atoms. The molecule has 1 atom stereocenters. The molecule has 6 nitrogen and oxygen atoms in total. The van der Waals surface area contributed by atoms with Crippen LogP contribution in [0.1, 0.15) is 25.5 Å². The van der Waals surface area contributed by atoms with Crippen LogP contribution in [0.3, 0.4) is 0 Å². The van der Waals surface area contributed by atoms with Gasteiger partial charge >= 0.3 is 0 Å². The lowest BCUT2D eigenvalue weighted by Crippen LogP contribution is -2.49. The molecule has 0 aromatic carbocycles. The Labute approximate surface area is 130 Å². The van der Waals surface area contributed by atoms with Crippen molar-refractivity contribution in [1.82, 2.24) is 15.2 Å². The number of amides is 2. The van der Waals surface area contributed by atoms with Crippen LogP contribution in [0.15, 0.2) is 18.3 Å². The summed E-state index contributed by atoms with van der Waals surface area (Å²) >= 11 is 0. The molecule has 2 heterocycles. The van der Waals surface area contributed by atoms with Crippen LogP contribution in [0.4, 0.5) is 5.69 Å². The summed E-state index contributed by atoms with van der Waals surface area (Å²) in [6.45, 7) is 2.82. The second-order valence-electron chi connectivity index (χ2n) is 5.14. The first kappa shape index (κ1) is 17.2. The van der Waals surface area contributed by atoms with E-state index in [1.165, 1.54) is 6.92 Å². The van der Waals surface area contributed by atoms with Crippen LogP contribution in [0, 0.1) is 0 Å². The molecule has 1 saturated heterocycles. The van der Waals surface area contributed by atoms with Gasteiger partial charge in [-0.05, 0) is 25.0 Å². The fourth-order valence-electron chi connectivity index (χ4n) is 2.42. The van der Waals surface area contributed by atoms with Gasteiger partial charge in [-0.2, -0.15) is 0 Å². The number of aromatic nitrogens is 1. The lowest BCUT2D eigenvalue weighted by Gasteiger charge is -2.33. The molecule has 21 heavy (non-hydrogen) atoms. The number of halogens is 1. The Balaban J connectivity index is 0.00000220. The van der Waals surface area contributed by atoms with Gasteiger partial charge in [0.2, 0.25) is 11.8 Å². The van der Waals surface area contributed by atoms with Gasteiger partial charge in [0, 0.05) is 31.7 Å². The second kappa shape index (κ2) is 7.83. The summed E-state index contributed by atoms with van der Waals surface area (Å²) in [6.07, 6.45) is 3.65. The number of anilines is 1. The van der Waals surface area contributed by atoms with Crippen molar-refractivity contribution in [2.75, 3.05) is 18.8 Å². The molecule has 7 heteroatoms. The molecule has 0 saturated carbocycles. The molecule has 1 aliphatic heterocycles. The van der Waals surface area contributed by atoms with E-state index in [0.29, 0.717) is 17.9 Å². The summed E-state index contributed by atoms with van der Waals surface area (Å²) in [7, 11) is 0. The predicted octanol–water partition coefficient (Wildman–Crippen LogP) is 0.755. The Bertz CT molecular complexity index is 492. The molecular weight excluding hydrogens is 292 g/mol. The summed E-state index contributed by atoms with van der Waals surface area (Å²) in [5.41, 5.74) is 6.87. The van der Waals surface area contributed by atoms with Crippen molar-refractivity contribution in [3.05, 3.63) is 24.0 Å². The van der Waals surface area contributed by atoms with E-state index in [1.807, 2.05) is 0 Å². The molecule has 3 N–H and O–H groups in total. The molecule has 1 aromatic rings. The van der Waals surface area contributed by atoms with Crippen molar-refractivity contribution in [2.24, 2.45) is 0 Å². The molecule has 1 unspecified atom stereocenters. The molecule has 1 aliphatic rings. The van der Waals surface area contributed by atoms with Crippen molar-refractivity contribution in [2.45, 2.75) is 32.2 Å². The number of rotatable bonds is 3. The standard InChI is InChI=1S/C14H20N4O2.ClH/c1-10(19)17-13-3-2-6-18(9-13)14(20)7-12-5-4-11(15)8-16-12;/h4-5,8,13H,2-3,6-7,9,15H2,1H3,(H,17,19);1H. The molecular formula is C14H21ClN4O2. The van der Waals surface area contributed by atoms with Crippen molar-refractivity contribution < 1.29 is 9.59 Å². The number of likely N-dealkylation sites (tertiary alicyclic amines) is 1. The number of piperidine rings is 1. The first-order valence-corrected chi connectivity index (χ1v) is 6.80. The topological polar surface area (TPSA) is 88.3 Å². The third kappa shape index (κ3) is 5.23. The largest absolute Gasteiger partial charge is 0.397 e. The first-order chi connectivity index (χ1) is 9.54. The summed E-state index contributed by atoms with van der Waals surface area (Å²) < 4.78 is 0. The van der Waals surface area contributed by atoms with E-state index in [1.54, 1.807) is 23.2 Å². The van der Waals surface area contributed by atoms with Crippen LogP contribution >= 0.6 is 12.4 Å². The number of nitrogens with one attached hydrogen (secondary N) is 1. The quantitative estimate of drug-likeness (QED) is 0.862. The highest BCUT2D eigenvalue weighted by atomic mass is 35.5. The van der Waals surface area contributed by atoms with Crippen LogP contribution in [0.5, 0.6) is 0 Å². The monoisotopic (exact) mass is 312 g/mol. The fraction of sp³-hybridized carbons (Fsp3) is 0.500. The van der Waals surface area contributed by atoms with Gasteiger partial charge < -0.3 is 16.0 Å². The number of nitrogens with two attached hydrogens (primary N) is 1. The van der Waals surface area contributed by atoms with E-state index in [-0.39, 0.29) is 36.7 Å². The smallest absolute Gasteiger partial charge is 0.228 e. The molecule has 2 rings (SSSR count). The number of pyridine rings is 1. The van der Waals surface area contributed by atoms with Crippen LogP contribution in [-0.2, 0) is 16.0 Å². The minimum absolute atomic E-state index is 0. The summed E-state index contributed by atoms with van der Waals surface area (Å²) in [5, 5.41) is 2.87. The lowest BCUT2D eigenvalue weighted by atomic mass is 10.0. The van der Waals surface area contributed by atoms with Crippen LogP contribution < -0.4 is 11.1 Å². The average molecular weight is 313 g/mol. The van der Waals surface area contributed by atoms with Gasteiger partial charge in [0.15, 0.2) is 0 Å². The van der Waals surface area contributed by atoms with E-state index in [4.69, 9.17) is 5.73 Å². The van der Waals surface area contributed by atoms with Gasteiger partial charge in [0.1, 0.15) is 0 Å². The van der Waals surface area contributed by atoms with E-state index in [0.717, 1.165) is 19.4 Å². The van der Waals surface area contributed by atoms with E-state index >= 15 is 0 Å². The maximum Gasteiger partial charge on any atom is 0.228 e. The highest BCUT2D eigenvalue weighted by Gasteiger charge is 2.24. The Kier molecular flexibility index (Phi) is 6.42. The zero-order valence-electron chi connectivity index (χ0n) is 12.0. The molecule has 116 valence electrons. The Hall–Kier alpha value is -1.82. The van der Waals surface area contributed by atoms with E-state index < -0.39 is 0 Å². The van der Waals surface area contributed by atoms with Gasteiger partial charge in [0.05, 0.1) is 18.3 Å². The van der Waals surface area contributed by atoms with Crippen molar-refractivity contribution in [3.8, 4) is 0 Å². The highest BCUT2D eigenvalue weighted by molar-refractivity contribution is 5.85. The number of hydrogen-bond acceptors (Lipinski definition) is 4. The van der Waals surface area contributed by atoms with Crippen LogP contribution in [-0.4, -0.2) is 40.8 Å². The van der Waals surface area contributed by atoms with Gasteiger partial charge in [0.25, 0.3) is 0 Å². The maximum absolute atomic E-state index is 12.2. The molecule has 0 spiro atoms. The fourth-order valence-corrected chi connectivity index (χ4v) is 2.42. The predicted molar refractivity (Wildman–Crippen MR) is 83.0 cm³/mol. The number of hydrogen-bond donors (Lipinski definition) is 2.